The lowest BCUT2D eigenvalue weighted by atomic mass is 10.2. The number of thiophene rings is 1. The molecule has 0 amide bonds. The van der Waals surface area contributed by atoms with E-state index in [2.05, 4.69) is 5.32 Å². The van der Waals surface area contributed by atoms with Crippen molar-refractivity contribution in [1.29, 1.82) is 0 Å². The first-order valence-corrected chi connectivity index (χ1v) is 8.18. The molecule has 0 unspecified atom stereocenters. The standard InChI is InChI=1S/C10H15N3O4S2/c1-11-10-8(13(14)15)7-9(18-10)19(16,17)12-5-3-2-4-6-12/h7,11H,2-6H2,1H3. The predicted molar refractivity (Wildman–Crippen MR) is 73.1 cm³/mol. The molecule has 1 aromatic heterocycles. The molecule has 0 aliphatic carbocycles. The van der Waals surface area contributed by atoms with Gasteiger partial charge in [-0.1, -0.05) is 17.8 Å². The molecule has 2 heterocycles. The summed E-state index contributed by atoms with van der Waals surface area (Å²) in [5, 5.41) is 13.8. The van der Waals surface area contributed by atoms with E-state index in [1.807, 2.05) is 0 Å². The smallest absolute Gasteiger partial charge is 0.304 e. The number of piperidine rings is 1. The van der Waals surface area contributed by atoms with Gasteiger partial charge in [0.25, 0.3) is 10.0 Å². The molecule has 0 radical (unpaired) electrons. The first-order chi connectivity index (χ1) is 8.96. The Kier molecular flexibility index (Phi) is 4.07. The molecule has 9 heteroatoms. The van der Waals surface area contributed by atoms with E-state index in [4.69, 9.17) is 0 Å². The van der Waals surface area contributed by atoms with E-state index >= 15 is 0 Å². The van der Waals surface area contributed by atoms with Gasteiger partial charge in [-0.15, -0.1) is 0 Å². The average molecular weight is 305 g/mol. The van der Waals surface area contributed by atoms with E-state index in [1.165, 1.54) is 11.4 Å². The summed E-state index contributed by atoms with van der Waals surface area (Å²) < 4.78 is 26.2. The van der Waals surface area contributed by atoms with Gasteiger partial charge in [-0.25, -0.2) is 8.42 Å². The second-order valence-corrected chi connectivity index (χ2v) is 7.47. The van der Waals surface area contributed by atoms with Gasteiger partial charge < -0.3 is 5.32 Å². The lowest BCUT2D eigenvalue weighted by molar-refractivity contribution is -0.383. The Morgan fingerprint density at radius 1 is 1.37 bits per heavy atom. The molecular formula is C10H15N3O4S2. The number of nitro groups is 1. The third-order valence-corrected chi connectivity index (χ3v) is 6.51. The fourth-order valence-electron chi connectivity index (χ4n) is 2.03. The summed E-state index contributed by atoms with van der Waals surface area (Å²) in [6.45, 7) is 0.978. The molecule has 1 N–H and O–H groups in total. The van der Waals surface area contributed by atoms with Crippen molar-refractivity contribution in [1.82, 2.24) is 4.31 Å². The van der Waals surface area contributed by atoms with Gasteiger partial charge >= 0.3 is 5.69 Å². The summed E-state index contributed by atoms with van der Waals surface area (Å²) in [6, 6.07) is 1.14. The van der Waals surface area contributed by atoms with Crippen molar-refractivity contribution < 1.29 is 13.3 Å². The predicted octanol–water partition coefficient (Wildman–Crippen LogP) is 1.87. The highest BCUT2D eigenvalue weighted by atomic mass is 32.2. The SMILES string of the molecule is CNc1sc(S(=O)(=O)N2CCCCC2)cc1[N+](=O)[O-]. The number of nitrogens with one attached hydrogen (secondary N) is 1. The topological polar surface area (TPSA) is 92.6 Å². The van der Waals surface area contributed by atoms with Crippen LogP contribution in [0.2, 0.25) is 0 Å². The lowest BCUT2D eigenvalue weighted by Crippen LogP contribution is -2.35. The highest BCUT2D eigenvalue weighted by Crippen LogP contribution is 2.38. The molecule has 1 aromatic rings. The van der Waals surface area contributed by atoms with Crippen LogP contribution in [0.5, 0.6) is 0 Å². The van der Waals surface area contributed by atoms with Crippen LogP contribution in [0.4, 0.5) is 10.7 Å². The van der Waals surface area contributed by atoms with Crippen molar-refractivity contribution in [3.05, 3.63) is 16.2 Å². The van der Waals surface area contributed by atoms with Crippen molar-refractivity contribution in [3.8, 4) is 0 Å². The Morgan fingerprint density at radius 3 is 2.47 bits per heavy atom. The molecule has 1 aliphatic heterocycles. The summed E-state index contributed by atoms with van der Waals surface area (Å²) in [4.78, 5) is 10.3. The number of hydrogen-bond acceptors (Lipinski definition) is 6. The molecule has 106 valence electrons. The van der Waals surface area contributed by atoms with E-state index in [0.29, 0.717) is 13.1 Å². The van der Waals surface area contributed by atoms with Gasteiger partial charge in [-0.2, -0.15) is 4.31 Å². The molecular weight excluding hydrogens is 290 g/mol. The van der Waals surface area contributed by atoms with Gasteiger partial charge in [-0.05, 0) is 12.8 Å². The zero-order chi connectivity index (χ0) is 14.0. The van der Waals surface area contributed by atoms with Gasteiger partial charge in [0.05, 0.1) is 4.92 Å². The maximum atomic E-state index is 12.4. The summed E-state index contributed by atoms with van der Waals surface area (Å²) in [7, 11) is -2.06. The Hall–Kier alpha value is -1.19. The molecule has 0 atom stereocenters. The van der Waals surface area contributed by atoms with E-state index in [1.54, 1.807) is 0 Å². The highest BCUT2D eigenvalue weighted by molar-refractivity contribution is 7.91. The monoisotopic (exact) mass is 305 g/mol. The summed E-state index contributed by atoms with van der Waals surface area (Å²) in [6.07, 6.45) is 2.70. The third-order valence-electron chi connectivity index (χ3n) is 3.02. The largest absolute Gasteiger partial charge is 0.374 e. The Morgan fingerprint density at radius 2 is 2.00 bits per heavy atom. The maximum Gasteiger partial charge on any atom is 0.304 e. The molecule has 0 aromatic carbocycles. The second-order valence-electron chi connectivity index (χ2n) is 4.25. The minimum atomic E-state index is -3.60. The van der Waals surface area contributed by atoms with E-state index in [0.717, 1.165) is 36.7 Å². The van der Waals surface area contributed by atoms with E-state index in [-0.39, 0.29) is 14.9 Å². The maximum absolute atomic E-state index is 12.4. The Labute approximate surface area is 115 Å². The normalized spacial score (nSPS) is 17.3. The molecule has 1 aliphatic rings. The van der Waals surface area contributed by atoms with Gasteiger partial charge in [0.1, 0.15) is 4.21 Å². The number of rotatable bonds is 4. The van der Waals surface area contributed by atoms with Gasteiger partial charge in [0.15, 0.2) is 5.00 Å². The Bertz CT molecular complexity index is 576. The average Bonchev–Trinajstić information content (AvgIpc) is 2.84. The molecule has 1 saturated heterocycles. The van der Waals surface area contributed by atoms with Crippen LogP contribution in [0, 0.1) is 10.1 Å². The molecule has 2 rings (SSSR count). The molecule has 7 nitrogen and oxygen atoms in total. The molecule has 0 spiro atoms. The van der Waals surface area contributed by atoms with Crippen LogP contribution in [-0.4, -0.2) is 37.8 Å². The van der Waals surface area contributed by atoms with Crippen molar-refractivity contribution in [3.63, 3.8) is 0 Å². The van der Waals surface area contributed by atoms with Crippen LogP contribution in [-0.2, 0) is 10.0 Å². The van der Waals surface area contributed by atoms with E-state index in [9.17, 15) is 18.5 Å². The zero-order valence-electron chi connectivity index (χ0n) is 10.5. The van der Waals surface area contributed by atoms with E-state index < -0.39 is 14.9 Å². The Balaban J connectivity index is 2.37. The second kappa shape index (κ2) is 5.43. The van der Waals surface area contributed by atoms with Crippen LogP contribution in [0.25, 0.3) is 0 Å². The van der Waals surface area contributed by atoms with Gasteiger partial charge in [0.2, 0.25) is 0 Å². The third kappa shape index (κ3) is 2.72. The number of nitrogens with zero attached hydrogens (tertiary/aromatic N) is 2. The minimum absolute atomic E-state index is 0.0328. The highest BCUT2D eigenvalue weighted by Gasteiger charge is 2.31. The quantitative estimate of drug-likeness (QED) is 0.677. The first kappa shape index (κ1) is 14.2. The van der Waals surface area contributed by atoms with Crippen molar-refractivity contribution >= 4 is 32.0 Å². The van der Waals surface area contributed by atoms with Gasteiger partial charge in [0, 0.05) is 26.2 Å². The fraction of sp³-hybridized carbons (Fsp3) is 0.600. The lowest BCUT2D eigenvalue weighted by Gasteiger charge is -2.24. The molecule has 0 bridgehead atoms. The van der Waals surface area contributed by atoms with Crippen molar-refractivity contribution in [2.45, 2.75) is 23.5 Å². The van der Waals surface area contributed by atoms with Crippen LogP contribution in [0.15, 0.2) is 10.3 Å². The number of sulfonamides is 1. The van der Waals surface area contributed by atoms with Crippen LogP contribution in [0.1, 0.15) is 19.3 Å². The van der Waals surface area contributed by atoms with Crippen LogP contribution < -0.4 is 5.32 Å². The molecule has 19 heavy (non-hydrogen) atoms. The summed E-state index contributed by atoms with van der Waals surface area (Å²) in [5.74, 6) is 0. The van der Waals surface area contributed by atoms with Crippen LogP contribution in [0.3, 0.4) is 0 Å². The van der Waals surface area contributed by atoms with Crippen LogP contribution >= 0.6 is 11.3 Å². The summed E-state index contributed by atoms with van der Waals surface area (Å²) in [5.41, 5.74) is -0.192. The molecule has 0 saturated carbocycles. The number of hydrogen-bond donors (Lipinski definition) is 1. The number of anilines is 1. The first-order valence-electron chi connectivity index (χ1n) is 5.93. The zero-order valence-corrected chi connectivity index (χ0v) is 12.1. The molecule has 1 fully saturated rings. The fourth-order valence-corrected chi connectivity index (χ4v) is 4.99. The van der Waals surface area contributed by atoms with Crippen molar-refractivity contribution in [2.24, 2.45) is 0 Å². The minimum Gasteiger partial charge on any atom is -0.374 e. The van der Waals surface area contributed by atoms with Gasteiger partial charge in [-0.3, -0.25) is 10.1 Å². The summed E-state index contributed by atoms with van der Waals surface area (Å²) >= 11 is 0.906. The van der Waals surface area contributed by atoms with Crippen molar-refractivity contribution in [2.75, 3.05) is 25.5 Å².